The van der Waals surface area contributed by atoms with E-state index in [2.05, 4.69) is 35.4 Å². The first-order valence-electron chi connectivity index (χ1n) is 13.7. The number of para-hydroxylation sites is 2. The first kappa shape index (κ1) is 30.0. The summed E-state index contributed by atoms with van der Waals surface area (Å²) in [4.78, 5) is 2.36. The third kappa shape index (κ3) is 7.53. The number of hydrogen-bond acceptors (Lipinski definition) is 3. The molecule has 0 saturated carbocycles. The van der Waals surface area contributed by atoms with Crippen LogP contribution in [0.25, 0.3) is 22.2 Å². The average Bonchev–Trinajstić information content (AvgIpc) is 3.23. The van der Waals surface area contributed by atoms with Crippen LogP contribution in [0.1, 0.15) is 39.7 Å². The van der Waals surface area contributed by atoms with Gasteiger partial charge in [0.2, 0.25) is 5.62 Å². The van der Waals surface area contributed by atoms with E-state index in [0.29, 0.717) is 24.5 Å². The second kappa shape index (κ2) is 14.0. The molecule has 1 N–H and O–H groups in total. The summed E-state index contributed by atoms with van der Waals surface area (Å²) in [5.41, 5.74) is 3.50. The Labute approximate surface area is 229 Å². The number of aromatic nitrogens is 2. The lowest BCUT2D eigenvalue weighted by Crippen LogP contribution is -2.32. The number of fused-ring (bicyclic) bond motifs is 1. The number of imidazole rings is 1. The van der Waals surface area contributed by atoms with Crippen LogP contribution in [-0.2, 0) is 19.3 Å². The summed E-state index contributed by atoms with van der Waals surface area (Å²) in [5, 5.41) is 8.79. The van der Waals surface area contributed by atoms with E-state index < -0.39 is 11.7 Å². The van der Waals surface area contributed by atoms with Crippen molar-refractivity contribution in [2.45, 2.75) is 53.4 Å². The van der Waals surface area contributed by atoms with Crippen molar-refractivity contribution < 1.29 is 17.9 Å². The minimum absolute atomic E-state index is 0.491. The van der Waals surface area contributed by atoms with E-state index >= 15 is 0 Å². The predicted molar refractivity (Wildman–Crippen MR) is 152 cm³/mol. The van der Waals surface area contributed by atoms with Gasteiger partial charge < -0.3 is 18.8 Å². The Kier molecular flexibility index (Phi) is 10.8. The van der Waals surface area contributed by atoms with Crippen molar-refractivity contribution in [2.75, 3.05) is 26.2 Å². The highest BCUT2D eigenvalue weighted by molar-refractivity contribution is 5.75. The molecule has 0 amide bonds. The third-order valence-electron chi connectivity index (χ3n) is 6.70. The average molecular weight is 541 g/mol. The summed E-state index contributed by atoms with van der Waals surface area (Å²) in [6.07, 6.45) is -3.60. The van der Waals surface area contributed by atoms with Crippen molar-refractivity contribution >= 4 is 11.0 Å². The number of nitrogens with one attached hydrogen (secondary N) is 1. The molecule has 1 heterocycles. The van der Waals surface area contributed by atoms with Gasteiger partial charge in [-0.25, -0.2) is 0 Å². The normalized spacial score (nSPS) is 11.5. The molecule has 4 aromatic rings. The summed E-state index contributed by atoms with van der Waals surface area (Å²) in [7, 11) is 0. The van der Waals surface area contributed by atoms with Crippen molar-refractivity contribution in [3.63, 3.8) is 0 Å². The number of ether oxygens (including phenoxy) is 1. The number of halogens is 3. The van der Waals surface area contributed by atoms with Crippen LogP contribution in [0.3, 0.4) is 0 Å². The van der Waals surface area contributed by atoms with E-state index in [9.17, 15) is 13.2 Å². The highest BCUT2D eigenvalue weighted by Gasteiger charge is 2.29. The molecule has 0 spiro atoms. The zero-order valence-electron chi connectivity index (χ0n) is 23.3. The number of hydrogen-bond donors (Lipinski definition) is 1. The number of aryl methyl sites for hydroxylation is 1. The molecule has 0 atom stereocenters. The zero-order chi connectivity index (χ0) is 28.4. The maximum Gasteiger partial charge on any atom is 0.416 e. The monoisotopic (exact) mass is 540 g/mol. The summed E-state index contributed by atoms with van der Waals surface area (Å²) in [6, 6.07) is 20.6. The number of likely N-dealkylation sites (N-methyl/N-ethyl adjacent to an activating group) is 1. The Morgan fingerprint density at radius 2 is 1.28 bits per heavy atom. The molecule has 0 aliphatic heterocycles. The van der Waals surface area contributed by atoms with Gasteiger partial charge in [-0.1, -0.05) is 64.1 Å². The van der Waals surface area contributed by atoms with Crippen LogP contribution in [0, 0.1) is 5.41 Å². The SMILES string of the molecule is CC.CCN(CC)CCn1c(=N)n(CCCOc2ccc(-c3ccc(C(F)(F)F)cc3)cc2)c2ccccc21. The van der Waals surface area contributed by atoms with Crippen LogP contribution in [0.4, 0.5) is 13.2 Å². The molecule has 210 valence electrons. The molecule has 0 aliphatic carbocycles. The molecule has 3 aromatic carbocycles. The smallest absolute Gasteiger partial charge is 0.416 e. The number of benzene rings is 3. The van der Waals surface area contributed by atoms with Gasteiger partial charge in [0, 0.05) is 19.6 Å². The van der Waals surface area contributed by atoms with Gasteiger partial charge in [-0.15, -0.1) is 0 Å². The van der Waals surface area contributed by atoms with E-state index in [4.69, 9.17) is 10.1 Å². The van der Waals surface area contributed by atoms with Crippen LogP contribution in [0.5, 0.6) is 5.75 Å². The lowest BCUT2D eigenvalue weighted by atomic mass is 10.0. The fraction of sp³-hybridized carbons (Fsp3) is 0.387. The van der Waals surface area contributed by atoms with Crippen LogP contribution in [0.15, 0.2) is 72.8 Å². The Balaban J connectivity index is 0.00000205. The number of rotatable bonds is 11. The maximum atomic E-state index is 12.8. The maximum absolute atomic E-state index is 12.8. The van der Waals surface area contributed by atoms with E-state index in [-0.39, 0.29) is 0 Å². The van der Waals surface area contributed by atoms with Crippen molar-refractivity contribution in [3.05, 3.63) is 84.0 Å². The van der Waals surface area contributed by atoms with E-state index in [1.165, 1.54) is 12.1 Å². The molecule has 0 saturated heterocycles. The second-order valence-corrected chi connectivity index (χ2v) is 8.94. The topological polar surface area (TPSA) is 46.2 Å². The number of nitrogens with zero attached hydrogens (tertiary/aromatic N) is 3. The van der Waals surface area contributed by atoms with Gasteiger partial charge in [-0.05, 0) is 67.0 Å². The largest absolute Gasteiger partial charge is 0.494 e. The van der Waals surface area contributed by atoms with Gasteiger partial charge in [0.25, 0.3) is 0 Å². The van der Waals surface area contributed by atoms with Gasteiger partial charge in [-0.2, -0.15) is 13.2 Å². The lowest BCUT2D eigenvalue weighted by molar-refractivity contribution is -0.137. The molecular weight excluding hydrogens is 501 g/mol. The quantitative estimate of drug-likeness (QED) is 0.201. The highest BCUT2D eigenvalue weighted by atomic mass is 19.4. The Morgan fingerprint density at radius 1 is 0.769 bits per heavy atom. The van der Waals surface area contributed by atoms with Gasteiger partial charge in [0.1, 0.15) is 5.75 Å². The van der Waals surface area contributed by atoms with Gasteiger partial charge in [0.05, 0.1) is 23.2 Å². The molecule has 0 fully saturated rings. The zero-order valence-corrected chi connectivity index (χ0v) is 23.3. The van der Waals surface area contributed by atoms with Crippen LogP contribution in [-0.4, -0.2) is 40.3 Å². The molecule has 1 aromatic heterocycles. The van der Waals surface area contributed by atoms with Crippen molar-refractivity contribution in [1.29, 1.82) is 5.41 Å². The summed E-state index contributed by atoms with van der Waals surface area (Å²) in [5.74, 6) is 0.702. The minimum atomic E-state index is -4.34. The Morgan fingerprint density at radius 3 is 1.79 bits per heavy atom. The van der Waals surface area contributed by atoms with Crippen LogP contribution >= 0.6 is 0 Å². The molecule has 0 radical (unpaired) electrons. The predicted octanol–water partition coefficient (Wildman–Crippen LogP) is 7.45. The molecule has 39 heavy (non-hydrogen) atoms. The molecule has 5 nitrogen and oxygen atoms in total. The highest BCUT2D eigenvalue weighted by Crippen LogP contribution is 2.31. The van der Waals surface area contributed by atoms with Gasteiger partial charge in [-0.3, -0.25) is 5.41 Å². The third-order valence-corrected chi connectivity index (χ3v) is 6.70. The van der Waals surface area contributed by atoms with E-state index in [1.54, 1.807) is 0 Å². The Bertz CT molecular complexity index is 1350. The van der Waals surface area contributed by atoms with Crippen LogP contribution < -0.4 is 10.4 Å². The van der Waals surface area contributed by atoms with Crippen molar-refractivity contribution in [2.24, 2.45) is 0 Å². The van der Waals surface area contributed by atoms with Gasteiger partial charge >= 0.3 is 6.18 Å². The van der Waals surface area contributed by atoms with Gasteiger partial charge in [0.15, 0.2) is 0 Å². The summed E-state index contributed by atoms with van der Waals surface area (Å²) in [6.45, 7) is 13.1. The summed E-state index contributed by atoms with van der Waals surface area (Å²) >= 11 is 0. The molecule has 0 unspecified atom stereocenters. The minimum Gasteiger partial charge on any atom is -0.494 e. The number of alkyl halides is 3. The first-order valence-corrected chi connectivity index (χ1v) is 13.7. The molecule has 0 aliphatic rings. The van der Waals surface area contributed by atoms with Crippen molar-refractivity contribution in [3.8, 4) is 16.9 Å². The Hall–Kier alpha value is -3.52. The fourth-order valence-corrected chi connectivity index (χ4v) is 4.54. The molecule has 8 heteroatoms. The van der Waals surface area contributed by atoms with Crippen molar-refractivity contribution in [1.82, 2.24) is 14.0 Å². The molecular formula is C31H39F3N4O. The standard InChI is InChI=1S/C29H33F3N4O.C2H6/c1-3-34(4-2)19-20-36-27-9-6-5-8-26(27)35(28(36)33)18-7-21-37-25-16-12-23(13-17-25)22-10-14-24(15-11-22)29(30,31)32;1-2/h5-6,8-17,33H,3-4,7,18-21H2,1-2H3;1-2H3. The fourth-order valence-electron chi connectivity index (χ4n) is 4.54. The van der Waals surface area contributed by atoms with E-state index in [0.717, 1.165) is 66.9 Å². The molecule has 4 rings (SSSR count). The van der Waals surface area contributed by atoms with Crippen LogP contribution in [0.2, 0.25) is 0 Å². The first-order chi connectivity index (χ1) is 18.8. The van der Waals surface area contributed by atoms with E-state index in [1.807, 2.05) is 54.8 Å². The lowest BCUT2D eigenvalue weighted by Gasteiger charge is -2.18. The second-order valence-electron chi connectivity index (χ2n) is 8.94. The molecule has 0 bridgehead atoms. The summed E-state index contributed by atoms with van der Waals surface area (Å²) < 4.78 is 48.4.